The number of nitrogens with one attached hydrogen (secondary N) is 1. The minimum absolute atomic E-state index is 0.108. The van der Waals surface area contributed by atoms with E-state index in [1.54, 1.807) is 18.9 Å². The lowest BCUT2D eigenvalue weighted by Gasteiger charge is -2.21. The van der Waals surface area contributed by atoms with Gasteiger partial charge in [-0.3, -0.25) is 9.89 Å². The highest BCUT2D eigenvalue weighted by molar-refractivity contribution is 5.80. The van der Waals surface area contributed by atoms with Crippen molar-refractivity contribution >= 4 is 5.91 Å². The maximum atomic E-state index is 12.2. The van der Waals surface area contributed by atoms with Crippen LogP contribution in [0, 0.1) is 6.92 Å². The fourth-order valence-corrected chi connectivity index (χ4v) is 1.86. The van der Waals surface area contributed by atoms with Gasteiger partial charge >= 0.3 is 0 Å². The van der Waals surface area contributed by atoms with Crippen LogP contribution in [0.2, 0.25) is 0 Å². The van der Waals surface area contributed by atoms with Crippen molar-refractivity contribution in [1.29, 1.82) is 0 Å². The third-order valence-corrected chi connectivity index (χ3v) is 2.88. The highest BCUT2D eigenvalue weighted by Crippen LogP contribution is 2.15. The van der Waals surface area contributed by atoms with E-state index in [-0.39, 0.29) is 5.91 Å². The van der Waals surface area contributed by atoms with Crippen LogP contribution in [0.1, 0.15) is 18.3 Å². The van der Waals surface area contributed by atoms with E-state index in [1.807, 2.05) is 31.2 Å². The molecule has 1 aromatic carbocycles. The molecule has 0 saturated carbocycles. The van der Waals surface area contributed by atoms with Crippen molar-refractivity contribution in [2.75, 3.05) is 7.05 Å². The van der Waals surface area contributed by atoms with Gasteiger partial charge in [0.15, 0.2) is 6.10 Å². The molecular formula is C14H18N4O2. The molecule has 0 saturated heterocycles. The van der Waals surface area contributed by atoms with Crippen LogP contribution in [-0.4, -0.2) is 39.1 Å². The van der Waals surface area contributed by atoms with Crippen LogP contribution < -0.4 is 4.74 Å². The topological polar surface area (TPSA) is 71.1 Å². The summed E-state index contributed by atoms with van der Waals surface area (Å²) in [6.07, 6.45) is 0.866. The molecule has 6 heteroatoms. The van der Waals surface area contributed by atoms with Gasteiger partial charge in [0, 0.05) is 7.05 Å². The summed E-state index contributed by atoms with van der Waals surface area (Å²) in [5, 5.41) is 6.47. The lowest BCUT2D eigenvalue weighted by Crippen LogP contribution is -2.37. The van der Waals surface area contributed by atoms with Crippen molar-refractivity contribution in [3.05, 3.63) is 42.0 Å². The van der Waals surface area contributed by atoms with Crippen molar-refractivity contribution in [2.45, 2.75) is 26.5 Å². The van der Waals surface area contributed by atoms with Gasteiger partial charge < -0.3 is 9.64 Å². The van der Waals surface area contributed by atoms with Crippen LogP contribution in [0.25, 0.3) is 0 Å². The molecule has 6 nitrogen and oxygen atoms in total. The van der Waals surface area contributed by atoms with Gasteiger partial charge in [-0.05, 0) is 31.5 Å². The van der Waals surface area contributed by atoms with Crippen LogP contribution in [-0.2, 0) is 11.3 Å². The second kappa shape index (κ2) is 6.18. The molecule has 1 amide bonds. The average Bonchev–Trinajstić information content (AvgIpc) is 2.90. The molecule has 1 atom stereocenters. The molecular weight excluding hydrogens is 256 g/mol. The summed E-state index contributed by atoms with van der Waals surface area (Å²) in [6, 6.07) is 7.63. The van der Waals surface area contributed by atoms with Gasteiger partial charge in [0.2, 0.25) is 0 Å². The van der Waals surface area contributed by atoms with Crippen LogP contribution in [0.15, 0.2) is 30.6 Å². The Kier molecular flexibility index (Phi) is 4.34. The predicted molar refractivity (Wildman–Crippen MR) is 74.1 cm³/mol. The number of aromatic nitrogens is 3. The number of ether oxygens (including phenoxy) is 1. The molecule has 1 aromatic heterocycles. The Morgan fingerprint density at radius 3 is 2.95 bits per heavy atom. The minimum Gasteiger partial charge on any atom is -0.481 e. The van der Waals surface area contributed by atoms with E-state index in [4.69, 9.17) is 4.74 Å². The number of carbonyl (C=O) groups excluding carboxylic acids is 1. The van der Waals surface area contributed by atoms with E-state index in [0.717, 1.165) is 5.56 Å². The SMILES string of the molecule is Cc1cccc(OC(C)C(=O)N(C)Cc2ncn[nH]2)c1. The van der Waals surface area contributed by atoms with Crippen molar-refractivity contribution < 1.29 is 9.53 Å². The molecule has 1 N–H and O–H groups in total. The summed E-state index contributed by atoms with van der Waals surface area (Å²) in [5.41, 5.74) is 1.09. The zero-order valence-corrected chi connectivity index (χ0v) is 11.8. The minimum atomic E-state index is -0.551. The van der Waals surface area contributed by atoms with Gasteiger partial charge in [0.1, 0.15) is 17.9 Å². The highest BCUT2D eigenvalue weighted by Gasteiger charge is 2.20. The number of likely N-dealkylation sites (N-methyl/N-ethyl adjacent to an activating group) is 1. The lowest BCUT2D eigenvalue weighted by atomic mass is 10.2. The van der Waals surface area contributed by atoms with Crippen LogP contribution >= 0.6 is 0 Å². The van der Waals surface area contributed by atoms with E-state index < -0.39 is 6.10 Å². The number of aryl methyl sites for hydroxylation is 1. The predicted octanol–water partition coefficient (Wildman–Crippen LogP) is 1.54. The second-order valence-electron chi connectivity index (χ2n) is 4.70. The summed E-state index contributed by atoms with van der Waals surface area (Å²) >= 11 is 0. The third kappa shape index (κ3) is 3.57. The monoisotopic (exact) mass is 274 g/mol. The van der Waals surface area contributed by atoms with E-state index in [1.165, 1.54) is 6.33 Å². The molecule has 0 aliphatic rings. The number of benzene rings is 1. The Morgan fingerprint density at radius 1 is 1.50 bits per heavy atom. The third-order valence-electron chi connectivity index (χ3n) is 2.88. The molecule has 1 unspecified atom stereocenters. The smallest absolute Gasteiger partial charge is 0.263 e. The first kappa shape index (κ1) is 14.0. The van der Waals surface area contributed by atoms with Crippen LogP contribution in [0.4, 0.5) is 0 Å². The quantitative estimate of drug-likeness (QED) is 0.897. The number of amides is 1. The number of carbonyl (C=O) groups is 1. The summed E-state index contributed by atoms with van der Waals surface area (Å²) < 4.78 is 5.66. The van der Waals surface area contributed by atoms with Gasteiger partial charge in [-0.1, -0.05) is 12.1 Å². The maximum Gasteiger partial charge on any atom is 0.263 e. The molecule has 0 aliphatic carbocycles. The van der Waals surface area contributed by atoms with E-state index >= 15 is 0 Å². The maximum absolute atomic E-state index is 12.2. The largest absolute Gasteiger partial charge is 0.481 e. The standard InChI is InChI=1S/C14H18N4O2/c1-10-5-4-6-12(7-10)20-11(2)14(19)18(3)8-13-15-9-16-17-13/h4-7,9,11H,8H2,1-3H3,(H,15,16,17). The Hall–Kier alpha value is -2.37. The molecule has 0 bridgehead atoms. The zero-order chi connectivity index (χ0) is 14.5. The Morgan fingerprint density at radius 2 is 2.30 bits per heavy atom. The summed E-state index contributed by atoms with van der Waals surface area (Å²) in [6.45, 7) is 4.09. The zero-order valence-electron chi connectivity index (χ0n) is 11.8. The fourth-order valence-electron chi connectivity index (χ4n) is 1.86. The van der Waals surface area contributed by atoms with Gasteiger partial charge in [-0.25, -0.2) is 4.98 Å². The van der Waals surface area contributed by atoms with Crippen molar-refractivity contribution in [2.24, 2.45) is 0 Å². The van der Waals surface area contributed by atoms with Crippen LogP contribution in [0.3, 0.4) is 0 Å². The van der Waals surface area contributed by atoms with Gasteiger partial charge in [-0.2, -0.15) is 5.10 Å². The Bertz CT molecular complexity index is 568. The number of aromatic amines is 1. The highest BCUT2D eigenvalue weighted by atomic mass is 16.5. The van der Waals surface area contributed by atoms with Crippen molar-refractivity contribution in [1.82, 2.24) is 20.1 Å². The van der Waals surface area contributed by atoms with E-state index in [2.05, 4.69) is 15.2 Å². The molecule has 0 aliphatic heterocycles. The summed E-state index contributed by atoms with van der Waals surface area (Å²) in [7, 11) is 1.71. The lowest BCUT2D eigenvalue weighted by molar-refractivity contribution is -0.137. The number of rotatable bonds is 5. The van der Waals surface area contributed by atoms with E-state index in [9.17, 15) is 4.79 Å². The molecule has 2 rings (SSSR count). The average molecular weight is 274 g/mol. The summed E-state index contributed by atoms with van der Waals surface area (Å²) in [4.78, 5) is 17.7. The normalized spacial score (nSPS) is 11.9. The molecule has 0 radical (unpaired) electrons. The molecule has 1 heterocycles. The first-order chi connectivity index (χ1) is 9.56. The van der Waals surface area contributed by atoms with Gasteiger partial charge in [-0.15, -0.1) is 0 Å². The van der Waals surface area contributed by atoms with E-state index in [0.29, 0.717) is 18.1 Å². The van der Waals surface area contributed by atoms with Crippen molar-refractivity contribution in [3.63, 3.8) is 0 Å². The number of hydrogen-bond donors (Lipinski definition) is 1. The fraction of sp³-hybridized carbons (Fsp3) is 0.357. The van der Waals surface area contributed by atoms with Crippen LogP contribution in [0.5, 0.6) is 5.75 Å². The number of hydrogen-bond acceptors (Lipinski definition) is 4. The Labute approximate surface area is 117 Å². The molecule has 0 spiro atoms. The Balaban J connectivity index is 1.94. The molecule has 106 valence electrons. The number of H-pyrrole nitrogens is 1. The second-order valence-corrected chi connectivity index (χ2v) is 4.70. The first-order valence-electron chi connectivity index (χ1n) is 6.39. The molecule has 0 fully saturated rings. The van der Waals surface area contributed by atoms with Gasteiger partial charge in [0.25, 0.3) is 5.91 Å². The van der Waals surface area contributed by atoms with Crippen molar-refractivity contribution in [3.8, 4) is 5.75 Å². The summed E-state index contributed by atoms with van der Waals surface area (Å²) in [5.74, 6) is 1.23. The first-order valence-corrected chi connectivity index (χ1v) is 6.39. The number of nitrogens with zero attached hydrogens (tertiary/aromatic N) is 3. The molecule has 2 aromatic rings. The molecule has 20 heavy (non-hydrogen) atoms. The van der Waals surface area contributed by atoms with Gasteiger partial charge in [0.05, 0.1) is 6.54 Å².